The molecule has 2 aromatic carbocycles. The largest absolute Gasteiger partial charge is 0.496 e. The van der Waals surface area contributed by atoms with Gasteiger partial charge in [0, 0.05) is 24.7 Å². The van der Waals surface area contributed by atoms with E-state index < -0.39 is 0 Å². The number of para-hydroxylation sites is 1. The van der Waals surface area contributed by atoms with E-state index in [1.54, 1.807) is 7.11 Å². The van der Waals surface area contributed by atoms with Crippen LogP contribution in [0.4, 0.5) is 11.6 Å². The van der Waals surface area contributed by atoms with Gasteiger partial charge in [-0.1, -0.05) is 48.5 Å². The van der Waals surface area contributed by atoms with Crippen molar-refractivity contribution in [2.24, 2.45) is 0 Å². The van der Waals surface area contributed by atoms with Crippen LogP contribution in [-0.2, 0) is 13.0 Å². The van der Waals surface area contributed by atoms with Crippen molar-refractivity contribution < 1.29 is 4.74 Å². The van der Waals surface area contributed by atoms with Crippen LogP contribution in [0.1, 0.15) is 17.0 Å². The van der Waals surface area contributed by atoms with Crippen LogP contribution in [0.15, 0.2) is 60.7 Å². The molecule has 0 bridgehead atoms. The summed E-state index contributed by atoms with van der Waals surface area (Å²) in [5.74, 6) is 3.23. The molecule has 0 spiro atoms. The van der Waals surface area contributed by atoms with Gasteiger partial charge in [0.15, 0.2) is 0 Å². The molecular formula is C21H24N4O. The molecule has 2 N–H and O–H groups in total. The minimum atomic E-state index is 0.643. The van der Waals surface area contributed by atoms with Gasteiger partial charge in [0.05, 0.1) is 7.11 Å². The third-order valence-corrected chi connectivity index (χ3v) is 4.05. The first-order valence-corrected chi connectivity index (χ1v) is 8.74. The first-order valence-electron chi connectivity index (χ1n) is 8.74. The fourth-order valence-corrected chi connectivity index (χ4v) is 2.76. The zero-order chi connectivity index (χ0) is 18.2. The number of nitrogens with one attached hydrogen (secondary N) is 2. The second-order valence-electron chi connectivity index (χ2n) is 6.01. The lowest BCUT2D eigenvalue weighted by Crippen LogP contribution is -2.09. The number of rotatable bonds is 8. The van der Waals surface area contributed by atoms with Gasteiger partial charge in [-0.15, -0.1) is 0 Å². The van der Waals surface area contributed by atoms with Crippen LogP contribution in [-0.4, -0.2) is 23.6 Å². The quantitative estimate of drug-likeness (QED) is 0.643. The Kier molecular flexibility index (Phi) is 6.04. The van der Waals surface area contributed by atoms with Crippen molar-refractivity contribution in [2.75, 3.05) is 24.3 Å². The molecule has 0 atom stereocenters. The summed E-state index contributed by atoms with van der Waals surface area (Å²) < 4.78 is 5.39. The Morgan fingerprint density at radius 3 is 2.35 bits per heavy atom. The minimum Gasteiger partial charge on any atom is -0.496 e. The maximum absolute atomic E-state index is 5.39. The van der Waals surface area contributed by atoms with Crippen LogP contribution < -0.4 is 15.4 Å². The molecular weight excluding hydrogens is 324 g/mol. The molecule has 0 aliphatic carbocycles. The molecule has 3 aromatic rings. The highest BCUT2D eigenvalue weighted by atomic mass is 16.5. The molecule has 1 heterocycles. The smallest absolute Gasteiger partial charge is 0.132 e. The summed E-state index contributed by atoms with van der Waals surface area (Å²) in [6, 6.07) is 20.3. The first kappa shape index (κ1) is 17.7. The van der Waals surface area contributed by atoms with Crippen LogP contribution in [0.2, 0.25) is 0 Å². The predicted molar refractivity (Wildman–Crippen MR) is 106 cm³/mol. The van der Waals surface area contributed by atoms with Gasteiger partial charge in [0.1, 0.15) is 23.2 Å². The van der Waals surface area contributed by atoms with E-state index in [1.807, 2.05) is 43.3 Å². The number of methoxy groups -OCH3 is 1. The summed E-state index contributed by atoms with van der Waals surface area (Å²) in [5, 5.41) is 6.73. The Bertz CT molecular complexity index is 836. The molecule has 0 fully saturated rings. The van der Waals surface area contributed by atoms with E-state index in [1.165, 1.54) is 5.56 Å². The zero-order valence-corrected chi connectivity index (χ0v) is 15.2. The van der Waals surface area contributed by atoms with Gasteiger partial charge >= 0.3 is 0 Å². The zero-order valence-electron chi connectivity index (χ0n) is 15.2. The van der Waals surface area contributed by atoms with Gasteiger partial charge in [0.2, 0.25) is 0 Å². The van der Waals surface area contributed by atoms with Crippen LogP contribution in [0.3, 0.4) is 0 Å². The van der Waals surface area contributed by atoms with Crippen molar-refractivity contribution in [1.29, 1.82) is 0 Å². The molecule has 5 nitrogen and oxygen atoms in total. The van der Waals surface area contributed by atoms with Gasteiger partial charge in [0.25, 0.3) is 0 Å². The predicted octanol–water partition coefficient (Wildman–Crippen LogP) is 4.06. The van der Waals surface area contributed by atoms with E-state index in [0.29, 0.717) is 6.54 Å². The summed E-state index contributed by atoms with van der Waals surface area (Å²) in [7, 11) is 1.68. The number of ether oxygens (including phenoxy) is 1. The monoisotopic (exact) mass is 348 g/mol. The lowest BCUT2D eigenvalue weighted by Gasteiger charge is -2.12. The fraction of sp³-hybridized carbons (Fsp3) is 0.238. The normalized spacial score (nSPS) is 10.4. The molecule has 1 aromatic heterocycles. The molecule has 26 heavy (non-hydrogen) atoms. The Labute approximate surface area is 154 Å². The van der Waals surface area contributed by atoms with E-state index in [2.05, 4.69) is 44.9 Å². The van der Waals surface area contributed by atoms with Crippen molar-refractivity contribution >= 4 is 11.6 Å². The SMILES string of the molecule is COc1ccccc1CNc1cc(NCCc2ccccc2)nc(C)n1. The van der Waals surface area contributed by atoms with Gasteiger partial charge in [-0.3, -0.25) is 0 Å². The molecule has 3 rings (SSSR count). The van der Waals surface area contributed by atoms with Crippen molar-refractivity contribution in [3.63, 3.8) is 0 Å². The number of hydrogen-bond donors (Lipinski definition) is 2. The standard InChI is InChI=1S/C21H24N4O/c1-16-24-20(22-13-12-17-8-4-3-5-9-17)14-21(25-16)23-15-18-10-6-7-11-19(18)26-2/h3-11,14H,12-13,15H2,1-2H3,(H2,22,23,24,25). The molecule has 0 radical (unpaired) electrons. The van der Waals surface area contributed by atoms with Crippen LogP contribution in [0, 0.1) is 6.92 Å². The molecule has 134 valence electrons. The fourth-order valence-electron chi connectivity index (χ4n) is 2.76. The Hall–Kier alpha value is -3.08. The Morgan fingerprint density at radius 1 is 0.885 bits per heavy atom. The molecule has 0 aliphatic heterocycles. The summed E-state index contributed by atoms with van der Waals surface area (Å²) in [6.45, 7) is 3.37. The third-order valence-electron chi connectivity index (χ3n) is 4.05. The van der Waals surface area contributed by atoms with E-state index in [9.17, 15) is 0 Å². The van der Waals surface area contributed by atoms with Crippen molar-refractivity contribution in [3.05, 3.63) is 77.6 Å². The Morgan fingerprint density at radius 2 is 1.58 bits per heavy atom. The molecule has 0 aliphatic rings. The number of aromatic nitrogens is 2. The van der Waals surface area contributed by atoms with Crippen LogP contribution in [0.5, 0.6) is 5.75 Å². The van der Waals surface area contributed by atoms with E-state index >= 15 is 0 Å². The van der Waals surface area contributed by atoms with E-state index in [4.69, 9.17) is 4.74 Å². The third kappa shape index (κ3) is 4.96. The number of nitrogens with zero attached hydrogens (tertiary/aromatic N) is 2. The molecule has 0 saturated carbocycles. The van der Waals surface area contributed by atoms with Gasteiger partial charge in [-0.25, -0.2) is 9.97 Å². The Balaban J connectivity index is 1.60. The lowest BCUT2D eigenvalue weighted by molar-refractivity contribution is 0.410. The van der Waals surface area contributed by atoms with E-state index in [-0.39, 0.29) is 0 Å². The molecule has 5 heteroatoms. The lowest BCUT2D eigenvalue weighted by atomic mass is 10.1. The molecule has 0 saturated heterocycles. The second kappa shape index (κ2) is 8.85. The first-order chi connectivity index (χ1) is 12.7. The summed E-state index contributed by atoms with van der Waals surface area (Å²) >= 11 is 0. The second-order valence-corrected chi connectivity index (χ2v) is 6.01. The number of anilines is 2. The highest BCUT2D eigenvalue weighted by Gasteiger charge is 2.05. The maximum Gasteiger partial charge on any atom is 0.132 e. The maximum atomic E-state index is 5.39. The summed E-state index contributed by atoms with van der Waals surface area (Å²) in [4.78, 5) is 8.93. The van der Waals surface area contributed by atoms with Crippen molar-refractivity contribution in [1.82, 2.24) is 9.97 Å². The molecule has 0 amide bonds. The average molecular weight is 348 g/mol. The average Bonchev–Trinajstić information content (AvgIpc) is 2.67. The highest BCUT2D eigenvalue weighted by Crippen LogP contribution is 2.19. The topological polar surface area (TPSA) is 59.1 Å². The minimum absolute atomic E-state index is 0.643. The highest BCUT2D eigenvalue weighted by molar-refractivity contribution is 5.48. The van der Waals surface area contributed by atoms with Crippen LogP contribution >= 0.6 is 0 Å². The van der Waals surface area contributed by atoms with E-state index in [0.717, 1.165) is 41.7 Å². The van der Waals surface area contributed by atoms with Crippen molar-refractivity contribution in [3.8, 4) is 5.75 Å². The van der Waals surface area contributed by atoms with Crippen molar-refractivity contribution in [2.45, 2.75) is 19.9 Å². The number of aryl methyl sites for hydroxylation is 1. The summed E-state index contributed by atoms with van der Waals surface area (Å²) in [5.41, 5.74) is 2.39. The molecule has 0 unspecified atom stereocenters. The van der Waals surface area contributed by atoms with Crippen LogP contribution in [0.25, 0.3) is 0 Å². The number of benzene rings is 2. The van der Waals surface area contributed by atoms with Gasteiger partial charge in [-0.05, 0) is 25.0 Å². The van der Waals surface area contributed by atoms with Gasteiger partial charge in [-0.2, -0.15) is 0 Å². The number of hydrogen-bond acceptors (Lipinski definition) is 5. The van der Waals surface area contributed by atoms with Gasteiger partial charge < -0.3 is 15.4 Å². The summed E-state index contributed by atoms with van der Waals surface area (Å²) in [6.07, 6.45) is 0.952.